The Hall–Kier alpha value is -2.02. The lowest BCUT2D eigenvalue weighted by molar-refractivity contribution is 0.614. The summed E-state index contributed by atoms with van der Waals surface area (Å²) >= 11 is 0. The van der Waals surface area contributed by atoms with E-state index in [2.05, 4.69) is 65.0 Å². The van der Waals surface area contributed by atoms with E-state index in [4.69, 9.17) is 4.42 Å². The van der Waals surface area contributed by atoms with Gasteiger partial charge >= 0.3 is 0 Å². The third-order valence-corrected chi connectivity index (χ3v) is 4.46. The number of hydrogen-bond donors (Lipinski definition) is 0. The van der Waals surface area contributed by atoms with Gasteiger partial charge in [-0.25, -0.2) is 0 Å². The van der Waals surface area contributed by atoms with E-state index < -0.39 is 0 Å². The lowest BCUT2D eigenvalue weighted by Crippen LogP contribution is -1.93. The van der Waals surface area contributed by atoms with Crippen molar-refractivity contribution in [1.29, 1.82) is 0 Å². The highest BCUT2D eigenvalue weighted by Crippen LogP contribution is 2.36. The van der Waals surface area contributed by atoms with E-state index in [0.717, 1.165) is 12.0 Å². The highest BCUT2D eigenvalue weighted by molar-refractivity contribution is 5.98. The predicted octanol–water partition coefficient (Wildman–Crippen LogP) is 6.22. The molecule has 0 atom stereocenters. The van der Waals surface area contributed by atoms with Gasteiger partial charge in [0.15, 0.2) is 0 Å². The zero-order valence-electron chi connectivity index (χ0n) is 14.2. The van der Waals surface area contributed by atoms with Crippen molar-refractivity contribution >= 4 is 11.0 Å². The van der Waals surface area contributed by atoms with Crippen LogP contribution in [-0.4, -0.2) is 0 Å². The van der Waals surface area contributed by atoms with E-state index in [1.54, 1.807) is 0 Å². The summed E-state index contributed by atoms with van der Waals surface area (Å²) in [7, 11) is 0. The van der Waals surface area contributed by atoms with Crippen molar-refractivity contribution in [2.24, 2.45) is 5.92 Å². The molecule has 1 heteroatoms. The van der Waals surface area contributed by atoms with Crippen molar-refractivity contribution in [1.82, 2.24) is 0 Å². The number of furan rings is 1. The second-order valence-corrected chi connectivity index (χ2v) is 6.78. The molecule has 0 fully saturated rings. The summed E-state index contributed by atoms with van der Waals surface area (Å²) in [5.41, 5.74) is 8.67. The molecule has 0 spiro atoms. The summed E-state index contributed by atoms with van der Waals surface area (Å²) in [4.78, 5) is 0. The summed E-state index contributed by atoms with van der Waals surface area (Å²) in [6.07, 6.45) is 3.03. The van der Waals surface area contributed by atoms with Crippen LogP contribution in [0.25, 0.3) is 22.1 Å². The maximum Gasteiger partial charge on any atom is 0.137 e. The number of hydrogen-bond acceptors (Lipinski definition) is 1. The average molecular weight is 292 g/mol. The molecule has 0 amide bonds. The van der Waals surface area contributed by atoms with E-state index in [1.807, 2.05) is 6.26 Å². The normalized spacial score (nSPS) is 11.5. The second-order valence-electron chi connectivity index (χ2n) is 6.78. The lowest BCUT2D eigenvalue weighted by atomic mass is 9.95. The molecule has 0 aliphatic carbocycles. The molecule has 0 aliphatic rings. The van der Waals surface area contributed by atoms with Crippen LogP contribution in [0.1, 0.15) is 36.1 Å². The summed E-state index contributed by atoms with van der Waals surface area (Å²) in [6, 6.07) is 11.2. The van der Waals surface area contributed by atoms with Gasteiger partial charge < -0.3 is 4.42 Å². The molecule has 0 radical (unpaired) electrons. The molecule has 114 valence electrons. The summed E-state index contributed by atoms with van der Waals surface area (Å²) in [6.45, 7) is 11.0. The minimum absolute atomic E-state index is 0.688. The Balaban J connectivity index is 2.09. The Labute approximate surface area is 133 Å². The monoisotopic (exact) mass is 292 g/mol. The van der Waals surface area contributed by atoms with Gasteiger partial charge in [0.1, 0.15) is 5.58 Å². The van der Waals surface area contributed by atoms with Crippen LogP contribution in [0.2, 0.25) is 0 Å². The summed E-state index contributed by atoms with van der Waals surface area (Å²) in [5.74, 6) is 0.688. The van der Waals surface area contributed by atoms with Crippen molar-refractivity contribution in [3.8, 4) is 11.1 Å². The quantitative estimate of drug-likeness (QED) is 0.558. The highest BCUT2D eigenvalue weighted by atomic mass is 16.3. The van der Waals surface area contributed by atoms with Crippen LogP contribution in [0.5, 0.6) is 0 Å². The Kier molecular flexibility index (Phi) is 3.82. The first-order chi connectivity index (χ1) is 10.5. The minimum atomic E-state index is 0.688. The van der Waals surface area contributed by atoms with Crippen molar-refractivity contribution in [3.05, 3.63) is 58.8 Å². The molecule has 2 aromatic carbocycles. The number of fused-ring (bicyclic) bond motifs is 1. The van der Waals surface area contributed by atoms with E-state index >= 15 is 0 Å². The van der Waals surface area contributed by atoms with Gasteiger partial charge in [0.25, 0.3) is 0 Å². The first-order valence-corrected chi connectivity index (χ1v) is 8.04. The van der Waals surface area contributed by atoms with Gasteiger partial charge in [-0.05, 0) is 60.9 Å². The maximum atomic E-state index is 5.89. The van der Waals surface area contributed by atoms with Crippen molar-refractivity contribution in [3.63, 3.8) is 0 Å². The molecule has 1 nitrogen and oxygen atoms in total. The van der Waals surface area contributed by atoms with Crippen LogP contribution in [0.4, 0.5) is 0 Å². The molecule has 0 unspecified atom stereocenters. The molecular formula is C21H24O. The molecule has 0 N–H and O–H groups in total. The fourth-order valence-corrected chi connectivity index (χ4v) is 3.21. The fourth-order valence-electron chi connectivity index (χ4n) is 3.21. The summed E-state index contributed by atoms with van der Waals surface area (Å²) < 4.78 is 5.89. The SMILES string of the molecule is Cc1cc(C)c2c(-c3ccc(CC(C)C)cc3)coc2c1C. The van der Waals surface area contributed by atoms with Gasteiger partial charge in [0.2, 0.25) is 0 Å². The smallest absolute Gasteiger partial charge is 0.137 e. The standard InChI is InChI=1S/C21H24O/c1-13(2)10-17-6-8-18(9-7-17)19-12-22-21-16(5)14(3)11-15(4)20(19)21/h6-9,11-13H,10H2,1-5H3. The van der Waals surface area contributed by atoms with Gasteiger partial charge in [0, 0.05) is 10.9 Å². The molecule has 22 heavy (non-hydrogen) atoms. The second kappa shape index (κ2) is 5.64. The number of benzene rings is 2. The Morgan fingerprint density at radius 3 is 2.27 bits per heavy atom. The first kappa shape index (κ1) is 14.9. The largest absolute Gasteiger partial charge is 0.463 e. The van der Waals surface area contributed by atoms with Gasteiger partial charge in [-0.2, -0.15) is 0 Å². The van der Waals surface area contributed by atoms with E-state index in [-0.39, 0.29) is 0 Å². The Morgan fingerprint density at radius 1 is 0.955 bits per heavy atom. The Bertz CT molecular complexity index is 804. The minimum Gasteiger partial charge on any atom is -0.463 e. The molecule has 3 rings (SSSR count). The zero-order valence-corrected chi connectivity index (χ0v) is 14.2. The molecule has 3 aromatic rings. The Morgan fingerprint density at radius 2 is 1.64 bits per heavy atom. The zero-order chi connectivity index (χ0) is 15.9. The van der Waals surface area contributed by atoms with E-state index in [0.29, 0.717) is 5.92 Å². The van der Waals surface area contributed by atoms with Crippen LogP contribution in [-0.2, 0) is 6.42 Å². The third-order valence-electron chi connectivity index (χ3n) is 4.46. The summed E-state index contributed by atoms with van der Waals surface area (Å²) in [5, 5.41) is 1.25. The van der Waals surface area contributed by atoms with Gasteiger partial charge in [0.05, 0.1) is 6.26 Å². The average Bonchev–Trinajstić information content (AvgIpc) is 2.90. The molecule has 0 saturated carbocycles. The van der Waals surface area contributed by atoms with Crippen molar-refractivity contribution in [2.45, 2.75) is 41.0 Å². The van der Waals surface area contributed by atoms with Crippen molar-refractivity contribution < 1.29 is 4.42 Å². The van der Waals surface area contributed by atoms with Crippen LogP contribution >= 0.6 is 0 Å². The van der Waals surface area contributed by atoms with Crippen LogP contribution in [0, 0.1) is 26.7 Å². The molecule has 0 aliphatic heterocycles. The van der Waals surface area contributed by atoms with Crippen LogP contribution in [0.15, 0.2) is 41.0 Å². The molecule has 0 bridgehead atoms. The van der Waals surface area contributed by atoms with E-state index in [1.165, 1.54) is 38.8 Å². The van der Waals surface area contributed by atoms with Crippen LogP contribution in [0.3, 0.4) is 0 Å². The predicted molar refractivity (Wildman–Crippen MR) is 94.4 cm³/mol. The van der Waals surface area contributed by atoms with Gasteiger partial charge in [-0.3, -0.25) is 0 Å². The highest BCUT2D eigenvalue weighted by Gasteiger charge is 2.14. The van der Waals surface area contributed by atoms with Gasteiger partial charge in [-0.1, -0.05) is 44.2 Å². The topological polar surface area (TPSA) is 13.1 Å². The van der Waals surface area contributed by atoms with Crippen LogP contribution < -0.4 is 0 Å². The fraction of sp³-hybridized carbons (Fsp3) is 0.333. The maximum absolute atomic E-state index is 5.89. The third kappa shape index (κ3) is 2.56. The number of rotatable bonds is 3. The van der Waals surface area contributed by atoms with Crippen molar-refractivity contribution in [2.75, 3.05) is 0 Å². The molecule has 1 aromatic heterocycles. The lowest BCUT2D eigenvalue weighted by Gasteiger charge is -2.08. The number of aryl methyl sites for hydroxylation is 3. The molecule has 1 heterocycles. The molecule has 0 saturated heterocycles. The first-order valence-electron chi connectivity index (χ1n) is 8.04. The van der Waals surface area contributed by atoms with Gasteiger partial charge in [-0.15, -0.1) is 0 Å². The van der Waals surface area contributed by atoms with E-state index in [9.17, 15) is 0 Å². The molecular weight excluding hydrogens is 268 g/mol.